The highest BCUT2D eigenvalue weighted by Gasteiger charge is 2.12. The van der Waals surface area contributed by atoms with Crippen LogP contribution in [0.4, 0.5) is 0 Å². The van der Waals surface area contributed by atoms with Crippen molar-refractivity contribution in [2.24, 2.45) is 0 Å². The Kier molecular flexibility index (Phi) is 1.74. The van der Waals surface area contributed by atoms with Gasteiger partial charge in [-0.25, -0.2) is 0 Å². The number of rotatable bonds is 1. The SMILES string of the molecule is CC1NC=C(c2ccccc2)O1. The Bertz CT molecular complexity index is 292. The van der Waals surface area contributed by atoms with Crippen molar-refractivity contribution in [3.63, 3.8) is 0 Å². The Hall–Kier alpha value is -1.44. The number of nitrogens with one attached hydrogen (secondary N) is 1. The van der Waals surface area contributed by atoms with Crippen molar-refractivity contribution in [1.29, 1.82) is 0 Å². The van der Waals surface area contributed by atoms with Crippen molar-refractivity contribution >= 4 is 5.76 Å². The average Bonchev–Trinajstić information content (AvgIpc) is 2.54. The van der Waals surface area contributed by atoms with Crippen LogP contribution in [-0.2, 0) is 4.74 Å². The lowest BCUT2D eigenvalue weighted by molar-refractivity contribution is 0.191. The zero-order valence-electron chi connectivity index (χ0n) is 6.95. The van der Waals surface area contributed by atoms with Gasteiger partial charge in [0.05, 0.1) is 0 Å². The van der Waals surface area contributed by atoms with Crippen LogP contribution in [0.25, 0.3) is 5.76 Å². The molecule has 1 atom stereocenters. The number of hydrogen-bond acceptors (Lipinski definition) is 2. The van der Waals surface area contributed by atoms with Crippen LogP contribution >= 0.6 is 0 Å². The van der Waals surface area contributed by atoms with Gasteiger partial charge in [-0.05, 0) is 6.92 Å². The first kappa shape index (κ1) is 7.22. The minimum atomic E-state index is 0.0974. The summed E-state index contributed by atoms with van der Waals surface area (Å²) in [7, 11) is 0. The molecule has 0 radical (unpaired) electrons. The third-order valence-electron chi connectivity index (χ3n) is 1.81. The first-order valence-electron chi connectivity index (χ1n) is 4.04. The van der Waals surface area contributed by atoms with Crippen LogP contribution in [0.5, 0.6) is 0 Å². The van der Waals surface area contributed by atoms with Gasteiger partial charge in [-0.2, -0.15) is 0 Å². The summed E-state index contributed by atoms with van der Waals surface area (Å²) in [6.07, 6.45) is 2.00. The molecule has 2 rings (SSSR count). The molecule has 1 aliphatic rings. The molecule has 2 nitrogen and oxygen atoms in total. The van der Waals surface area contributed by atoms with E-state index in [9.17, 15) is 0 Å². The van der Waals surface area contributed by atoms with E-state index in [2.05, 4.69) is 5.32 Å². The van der Waals surface area contributed by atoms with Gasteiger partial charge in [0.1, 0.15) is 5.76 Å². The van der Waals surface area contributed by atoms with Gasteiger partial charge in [-0.1, -0.05) is 30.3 Å². The van der Waals surface area contributed by atoms with E-state index in [4.69, 9.17) is 4.74 Å². The van der Waals surface area contributed by atoms with Crippen molar-refractivity contribution in [2.45, 2.75) is 13.2 Å². The van der Waals surface area contributed by atoms with E-state index in [1.165, 1.54) is 0 Å². The second-order valence-electron chi connectivity index (χ2n) is 2.80. The molecule has 1 heterocycles. The molecule has 1 aromatic rings. The van der Waals surface area contributed by atoms with Crippen LogP contribution in [0.3, 0.4) is 0 Å². The Balaban J connectivity index is 2.22. The molecule has 1 aliphatic heterocycles. The van der Waals surface area contributed by atoms with Crippen molar-refractivity contribution in [1.82, 2.24) is 5.32 Å². The Labute approximate surface area is 71.9 Å². The lowest BCUT2D eigenvalue weighted by Gasteiger charge is -2.06. The highest BCUT2D eigenvalue weighted by atomic mass is 16.5. The molecule has 1 aromatic carbocycles. The predicted octanol–water partition coefficient (Wildman–Crippen LogP) is 1.95. The van der Waals surface area contributed by atoms with Crippen LogP contribution in [0.2, 0.25) is 0 Å². The fraction of sp³-hybridized carbons (Fsp3) is 0.200. The van der Waals surface area contributed by atoms with Crippen LogP contribution < -0.4 is 5.32 Å². The van der Waals surface area contributed by atoms with E-state index >= 15 is 0 Å². The third-order valence-corrected chi connectivity index (χ3v) is 1.81. The van der Waals surface area contributed by atoms with E-state index in [0.29, 0.717) is 0 Å². The number of benzene rings is 1. The van der Waals surface area contributed by atoms with Gasteiger partial charge < -0.3 is 10.1 Å². The molecule has 0 spiro atoms. The predicted molar refractivity (Wildman–Crippen MR) is 48.1 cm³/mol. The smallest absolute Gasteiger partial charge is 0.166 e. The maximum atomic E-state index is 5.50. The van der Waals surface area contributed by atoms with Crippen molar-refractivity contribution in [3.8, 4) is 0 Å². The van der Waals surface area contributed by atoms with Gasteiger partial charge >= 0.3 is 0 Å². The van der Waals surface area contributed by atoms with Crippen LogP contribution in [0, 0.1) is 0 Å². The molecule has 1 unspecified atom stereocenters. The topological polar surface area (TPSA) is 21.3 Å². The summed E-state index contributed by atoms with van der Waals surface area (Å²) in [5, 5.41) is 3.08. The average molecular weight is 161 g/mol. The molecular weight excluding hydrogens is 150 g/mol. The summed E-state index contributed by atoms with van der Waals surface area (Å²) < 4.78 is 5.50. The highest BCUT2D eigenvalue weighted by molar-refractivity contribution is 5.60. The normalized spacial score (nSPS) is 21.1. The van der Waals surface area contributed by atoms with E-state index in [0.717, 1.165) is 11.3 Å². The molecule has 12 heavy (non-hydrogen) atoms. The van der Waals surface area contributed by atoms with Gasteiger partial charge in [0.15, 0.2) is 6.23 Å². The summed E-state index contributed by atoms with van der Waals surface area (Å²) in [5.41, 5.74) is 1.12. The third kappa shape index (κ3) is 1.28. The Morgan fingerprint density at radius 1 is 1.25 bits per heavy atom. The molecular formula is C10H11NO. The fourth-order valence-electron chi connectivity index (χ4n) is 1.21. The van der Waals surface area contributed by atoms with Crippen molar-refractivity contribution in [2.75, 3.05) is 0 Å². The van der Waals surface area contributed by atoms with E-state index in [-0.39, 0.29) is 6.23 Å². The summed E-state index contributed by atoms with van der Waals surface area (Å²) in [5.74, 6) is 0.920. The Morgan fingerprint density at radius 2 is 2.00 bits per heavy atom. The molecule has 1 N–H and O–H groups in total. The van der Waals surface area contributed by atoms with E-state index < -0.39 is 0 Å². The summed E-state index contributed by atoms with van der Waals surface area (Å²) in [6.45, 7) is 1.98. The Morgan fingerprint density at radius 3 is 2.58 bits per heavy atom. The van der Waals surface area contributed by atoms with Gasteiger partial charge in [0.25, 0.3) is 0 Å². The fourth-order valence-corrected chi connectivity index (χ4v) is 1.21. The van der Waals surface area contributed by atoms with E-state index in [1.807, 2.05) is 43.5 Å². The van der Waals surface area contributed by atoms with Gasteiger partial charge in [-0.3, -0.25) is 0 Å². The molecule has 0 saturated heterocycles. The summed E-state index contributed by atoms with van der Waals surface area (Å²) in [4.78, 5) is 0. The largest absolute Gasteiger partial charge is 0.469 e. The maximum absolute atomic E-state index is 5.50. The van der Waals surface area contributed by atoms with Crippen LogP contribution in [-0.4, -0.2) is 6.23 Å². The second kappa shape index (κ2) is 2.89. The van der Waals surface area contributed by atoms with Crippen LogP contribution in [0.15, 0.2) is 36.5 Å². The molecule has 0 amide bonds. The van der Waals surface area contributed by atoms with Crippen LogP contribution in [0.1, 0.15) is 12.5 Å². The molecule has 0 aromatic heterocycles. The number of ether oxygens (including phenoxy) is 1. The summed E-state index contributed by atoms with van der Waals surface area (Å²) >= 11 is 0. The minimum absolute atomic E-state index is 0.0974. The molecule has 62 valence electrons. The summed E-state index contributed by atoms with van der Waals surface area (Å²) in [6, 6.07) is 10.1. The molecule has 0 fully saturated rings. The van der Waals surface area contributed by atoms with Gasteiger partial charge in [0, 0.05) is 11.8 Å². The van der Waals surface area contributed by atoms with Crippen molar-refractivity contribution < 1.29 is 4.74 Å². The van der Waals surface area contributed by atoms with Crippen molar-refractivity contribution in [3.05, 3.63) is 42.1 Å². The second-order valence-corrected chi connectivity index (χ2v) is 2.80. The molecule has 2 heteroatoms. The van der Waals surface area contributed by atoms with E-state index in [1.54, 1.807) is 0 Å². The minimum Gasteiger partial charge on any atom is -0.469 e. The quantitative estimate of drug-likeness (QED) is 0.679. The molecule has 0 saturated carbocycles. The first-order chi connectivity index (χ1) is 5.86. The first-order valence-corrected chi connectivity index (χ1v) is 4.04. The monoisotopic (exact) mass is 161 g/mol. The number of hydrogen-bond donors (Lipinski definition) is 1. The molecule has 0 bridgehead atoms. The lowest BCUT2D eigenvalue weighted by atomic mass is 10.2. The highest BCUT2D eigenvalue weighted by Crippen LogP contribution is 2.19. The van der Waals surface area contributed by atoms with Gasteiger partial charge in [-0.15, -0.1) is 0 Å². The standard InChI is InChI=1S/C10H11NO/c1-8-11-7-10(12-8)9-5-3-2-4-6-9/h2-8,11H,1H3. The molecule has 0 aliphatic carbocycles. The maximum Gasteiger partial charge on any atom is 0.166 e. The lowest BCUT2D eigenvalue weighted by Crippen LogP contribution is -2.15. The zero-order valence-corrected chi connectivity index (χ0v) is 6.95. The van der Waals surface area contributed by atoms with Gasteiger partial charge in [0.2, 0.25) is 0 Å². The zero-order chi connectivity index (χ0) is 8.39.